The molecule has 2 heterocycles. The number of aromatic amines is 1. The van der Waals surface area contributed by atoms with E-state index in [0.29, 0.717) is 34.3 Å². The van der Waals surface area contributed by atoms with Gasteiger partial charge in [0.1, 0.15) is 17.6 Å². The number of hydrogen-bond acceptors (Lipinski definition) is 4. The number of anilines is 1. The van der Waals surface area contributed by atoms with Gasteiger partial charge in [0.2, 0.25) is 0 Å². The second-order valence-electron chi connectivity index (χ2n) is 7.16. The molecule has 0 unspecified atom stereocenters. The van der Waals surface area contributed by atoms with E-state index in [2.05, 4.69) is 20.6 Å². The maximum atomic E-state index is 14.4. The normalized spacial score (nSPS) is 15.5. The lowest BCUT2D eigenvalue weighted by Crippen LogP contribution is -2.07. The van der Waals surface area contributed by atoms with Gasteiger partial charge in [-0.1, -0.05) is 6.07 Å². The number of nitrogens with zero attached hydrogens (tertiary/aromatic N) is 4. The summed E-state index contributed by atoms with van der Waals surface area (Å²) in [5.74, 6) is -0.442. The fraction of sp³-hybridized carbons (Fsp3) is 0.190. The second kappa shape index (κ2) is 6.91. The van der Waals surface area contributed by atoms with Gasteiger partial charge >= 0.3 is 6.55 Å². The predicted molar refractivity (Wildman–Crippen MR) is 104 cm³/mol. The molecule has 2 N–H and O–H groups in total. The van der Waals surface area contributed by atoms with Crippen LogP contribution in [-0.2, 0) is 6.42 Å². The Morgan fingerprint density at radius 2 is 2.13 bits per heavy atom. The van der Waals surface area contributed by atoms with Crippen LogP contribution in [0.3, 0.4) is 0 Å². The molecule has 0 amide bonds. The molecule has 9 heteroatoms. The fourth-order valence-corrected chi connectivity index (χ4v) is 3.99. The maximum Gasteiger partial charge on any atom is 0.333 e. The molecule has 5 rings (SSSR count). The molecule has 1 aliphatic rings. The SMILES string of the molecule is N#Cc1ccc2c(c1F)CC[C@H]2Nc1ccc2[nH]nc(-c3cnn(C(F)F)c3)c2c1. The number of nitrogens with one attached hydrogen (secondary N) is 2. The highest BCUT2D eigenvalue weighted by Gasteiger charge is 2.26. The van der Waals surface area contributed by atoms with Crippen molar-refractivity contribution in [2.75, 3.05) is 5.32 Å². The minimum Gasteiger partial charge on any atom is -0.378 e. The highest BCUT2D eigenvalue weighted by Crippen LogP contribution is 2.37. The van der Waals surface area contributed by atoms with E-state index >= 15 is 0 Å². The minimum absolute atomic E-state index is 0.0585. The standard InChI is InChI=1S/C21H15F3N6/c22-19-11(8-25)1-3-14-15(19)4-6-17(14)27-13-2-5-18-16(7-13)20(29-28-18)12-9-26-30(10-12)21(23)24/h1-3,5,7,9-10,17,21,27H,4,6H2,(H,28,29)/t17-/m1/s1. The van der Waals surface area contributed by atoms with Crippen molar-refractivity contribution in [3.05, 3.63) is 65.2 Å². The van der Waals surface area contributed by atoms with E-state index in [1.54, 1.807) is 6.07 Å². The Morgan fingerprint density at radius 3 is 2.90 bits per heavy atom. The van der Waals surface area contributed by atoms with E-state index in [9.17, 15) is 13.2 Å². The highest BCUT2D eigenvalue weighted by atomic mass is 19.3. The van der Waals surface area contributed by atoms with E-state index in [-0.39, 0.29) is 11.6 Å². The van der Waals surface area contributed by atoms with Crippen LogP contribution >= 0.6 is 0 Å². The van der Waals surface area contributed by atoms with Crippen molar-refractivity contribution in [1.82, 2.24) is 20.0 Å². The summed E-state index contributed by atoms with van der Waals surface area (Å²) < 4.78 is 40.7. The molecule has 0 saturated heterocycles. The van der Waals surface area contributed by atoms with Crippen LogP contribution in [0.25, 0.3) is 22.2 Å². The van der Waals surface area contributed by atoms with Gasteiger partial charge in [0.05, 0.1) is 23.3 Å². The Balaban J connectivity index is 1.47. The smallest absolute Gasteiger partial charge is 0.333 e. The van der Waals surface area contributed by atoms with Crippen molar-refractivity contribution in [3.63, 3.8) is 0 Å². The zero-order valence-electron chi connectivity index (χ0n) is 15.5. The predicted octanol–water partition coefficient (Wildman–Crippen LogP) is 4.93. The molecule has 0 radical (unpaired) electrons. The molecule has 0 fully saturated rings. The topological polar surface area (TPSA) is 82.3 Å². The number of halogens is 3. The van der Waals surface area contributed by atoms with Crippen molar-refractivity contribution in [3.8, 4) is 17.3 Å². The maximum absolute atomic E-state index is 14.4. The van der Waals surface area contributed by atoms with Gasteiger partial charge in [0.25, 0.3) is 0 Å². The van der Waals surface area contributed by atoms with Crippen molar-refractivity contribution in [1.29, 1.82) is 5.26 Å². The number of fused-ring (bicyclic) bond motifs is 2. The third-order valence-corrected chi connectivity index (χ3v) is 5.44. The Kier molecular flexibility index (Phi) is 4.20. The monoisotopic (exact) mass is 408 g/mol. The average molecular weight is 408 g/mol. The van der Waals surface area contributed by atoms with Crippen LogP contribution in [0.4, 0.5) is 18.9 Å². The van der Waals surface area contributed by atoms with Crippen LogP contribution in [-0.4, -0.2) is 20.0 Å². The van der Waals surface area contributed by atoms with E-state index < -0.39 is 12.4 Å². The van der Waals surface area contributed by atoms with Crippen molar-refractivity contribution < 1.29 is 13.2 Å². The number of benzene rings is 2. The number of hydrogen-bond donors (Lipinski definition) is 2. The van der Waals surface area contributed by atoms with Gasteiger partial charge in [-0.2, -0.15) is 24.2 Å². The van der Waals surface area contributed by atoms with Crippen LogP contribution in [0.5, 0.6) is 0 Å². The molecule has 6 nitrogen and oxygen atoms in total. The summed E-state index contributed by atoms with van der Waals surface area (Å²) in [5, 5.41) is 24.0. The molecular weight excluding hydrogens is 393 g/mol. The summed E-state index contributed by atoms with van der Waals surface area (Å²) in [6.45, 7) is -2.72. The molecule has 0 saturated carbocycles. The van der Waals surface area contributed by atoms with Gasteiger partial charge in [0.15, 0.2) is 0 Å². The number of rotatable bonds is 4. The van der Waals surface area contributed by atoms with Crippen molar-refractivity contribution >= 4 is 16.6 Å². The molecule has 0 bridgehead atoms. The van der Waals surface area contributed by atoms with Gasteiger partial charge in [-0.25, -0.2) is 9.07 Å². The summed E-state index contributed by atoms with van der Waals surface area (Å²) >= 11 is 0. The summed E-state index contributed by atoms with van der Waals surface area (Å²) in [4.78, 5) is 0. The van der Waals surface area contributed by atoms with Crippen LogP contribution in [0.15, 0.2) is 42.7 Å². The molecule has 1 atom stereocenters. The third-order valence-electron chi connectivity index (χ3n) is 5.44. The Bertz CT molecular complexity index is 1300. The second-order valence-corrected chi connectivity index (χ2v) is 7.16. The molecular formula is C21H15F3N6. The largest absolute Gasteiger partial charge is 0.378 e. The molecule has 1 aliphatic carbocycles. The first-order valence-electron chi connectivity index (χ1n) is 9.34. The highest BCUT2D eigenvalue weighted by molar-refractivity contribution is 5.94. The first kappa shape index (κ1) is 18.2. The quantitative estimate of drug-likeness (QED) is 0.502. The summed E-state index contributed by atoms with van der Waals surface area (Å²) in [5.41, 5.74) is 4.05. The zero-order valence-corrected chi connectivity index (χ0v) is 15.5. The Labute approximate surface area is 168 Å². The Hall–Kier alpha value is -3.80. The first-order valence-corrected chi connectivity index (χ1v) is 9.34. The molecule has 0 spiro atoms. The van der Waals surface area contributed by atoms with E-state index in [1.807, 2.05) is 24.3 Å². The van der Waals surface area contributed by atoms with Crippen molar-refractivity contribution in [2.45, 2.75) is 25.4 Å². The van der Waals surface area contributed by atoms with Crippen molar-refractivity contribution in [2.24, 2.45) is 0 Å². The van der Waals surface area contributed by atoms with Gasteiger partial charge in [0, 0.05) is 22.8 Å². The molecule has 30 heavy (non-hydrogen) atoms. The summed E-state index contributed by atoms with van der Waals surface area (Å²) in [6.07, 6.45) is 3.87. The summed E-state index contributed by atoms with van der Waals surface area (Å²) in [6, 6.07) is 10.7. The zero-order chi connectivity index (χ0) is 20.8. The van der Waals surface area contributed by atoms with E-state index in [4.69, 9.17) is 5.26 Å². The lowest BCUT2D eigenvalue weighted by Gasteiger charge is -2.16. The van der Waals surface area contributed by atoms with E-state index in [0.717, 1.165) is 22.2 Å². The molecule has 2 aromatic heterocycles. The average Bonchev–Trinajstić information content (AvgIpc) is 3.46. The third kappa shape index (κ3) is 2.88. The first-order chi connectivity index (χ1) is 14.5. The fourth-order valence-electron chi connectivity index (χ4n) is 3.99. The minimum atomic E-state index is -2.72. The molecule has 0 aliphatic heterocycles. The number of H-pyrrole nitrogens is 1. The number of alkyl halides is 2. The molecule has 4 aromatic rings. The van der Waals surface area contributed by atoms with Gasteiger partial charge in [-0.3, -0.25) is 5.10 Å². The number of aromatic nitrogens is 4. The van der Waals surface area contributed by atoms with Crippen LogP contribution in [0.2, 0.25) is 0 Å². The molecule has 2 aromatic carbocycles. The van der Waals surface area contributed by atoms with Crippen LogP contribution in [0, 0.1) is 17.1 Å². The van der Waals surface area contributed by atoms with Crippen LogP contribution < -0.4 is 5.32 Å². The summed E-state index contributed by atoms with van der Waals surface area (Å²) in [7, 11) is 0. The van der Waals surface area contributed by atoms with Gasteiger partial charge in [-0.05, 0) is 48.2 Å². The van der Waals surface area contributed by atoms with Gasteiger partial charge < -0.3 is 5.32 Å². The van der Waals surface area contributed by atoms with E-state index in [1.165, 1.54) is 18.5 Å². The number of nitriles is 1. The lowest BCUT2D eigenvalue weighted by molar-refractivity contribution is 0.0566. The lowest BCUT2D eigenvalue weighted by atomic mass is 10.0. The van der Waals surface area contributed by atoms with Crippen LogP contribution in [0.1, 0.15) is 35.7 Å². The van der Waals surface area contributed by atoms with Gasteiger partial charge in [-0.15, -0.1) is 0 Å². The Morgan fingerprint density at radius 1 is 1.27 bits per heavy atom. The molecule has 150 valence electrons.